The molecule has 1 amide bonds. The average Bonchev–Trinajstić information content (AvgIpc) is 3.33. The predicted octanol–water partition coefficient (Wildman–Crippen LogP) is 0.982. The van der Waals surface area contributed by atoms with Gasteiger partial charge in [0.15, 0.2) is 0 Å². The Bertz CT molecular complexity index is 513. The SMILES string of the molecule is O=C(CN1CCCC(NS(=O)(=O)C2CC2)C1)NC1CCCCC1. The van der Waals surface area contributed by atoms with Crippen molar-refractivity contribution in [3.8, 4) is 0 Å². The first-order chi connectivity index (χ1) is 11.0. The first-order valence-electron chi connectivity index (χ1n) is 9.06. The van der Waals surface area contributed by atoms with Gasteiger partial charge in [-0.1, -0.05) is 19.3 Å². The molecular formula is C16H29N3O3S. The van der Waals surface area contributed by atoms with Crippen molar-refractivity contribution in [2.75, 3.05) is 19.6 Å². The lowest BCUT2D eigenvalue weighted by Gasteiger charge is -2.33. The maximum Gasteiger partial charge on any atom is 0.234 e. The van der Waals surface area contributed by atoms with E-state index in [9.17, 15) is 13.2 Å². The lowest BCUT2D eigenvalue weighted by Crippen LogP contribution is -2.51. The molecule has 132 valence electrons. The van der Waals surface area contributed by atoms with Gasteiger partial charge in [-0.2, -0.15) is 0 Å². The second kappa shape index (κ2) is 7.49. The van der Waals surface area contributed by atoms with Crippen molar-refractivity contribution in [1.82, 2.24) is 14.9 Å². The highest BCUT2D eigenvalue weighted by Crippen LogP contribution is 2.28. The Hall–Kier alpha value is -0.660. The lowest BCUT2D eigenvalue weighted by atomic mass is 9.95. The van der Waals surface area contributed by atoms with Crippen LogP contribution in [0.2, 0.25) is 0 Å². The van der Waals surface area contributed by atoms with Gasteiger partial charge in [0.2, 0.25) is 15.9 Å². The molecule has 1 atom stereocenters. The Labute approximate surface area is 139 Å². The number of piperidine rings is 1. The van der Waals surface area contributed by atoms with Crippen molar-refractivity contribution in [2.24, 2.45) is 0 Å². The molecule has 3 rings (SSSR count). The topological polar surface area (TPSA) is 78.5 Å². The average molecular weight is 343 g/mol. The largest absolute Gasteiger partial charge is 0.352 e. The molecule has 6 nitrogen and oxygen atoms in total. The van der Waals surface area contributed by atoms with Crippen molar-refractivity contribution >= 4 is 15.9 Å². The highest BCUT2D eigenvalue weighted by atomic mass is 32.2. The third kappa shape index (κ3) is 5.16. The smallest absolute Gasteiger partial charge is 0.234 e. The number of hydrogen-bond donors (Lipinski definition) is 2. The number of carbonyl (C=O) groups excluding carboxylic acids is 1. The van der Waals surface area contributed by atoms with Gasteiger partial charge in [-0.15, -0.1) is 0 Å². The van der Waals surface area contributed by atoms with E-state index in [1.807, 2.05) is 0 Å². The Morgan fingerprint density at radius 3 is 2.35 bits per heavy atom. The van der Waals surface area contributed by atoms with Gasteiger partial charge in [0, 0.05) is 18.6 Å². The fourth-order valence-electron chi connectivity index (χ4n) is 3.73. The molecule has 0 radical (unpaired) electrons. The number of hydrogen-bond acceptors (Lipinski definition) is 4. The van der Waals surface area contributed by atoms with E-state index in [0.29, 0.717) is 19.1 Å². The Morgan fingerprint density at radius 1 is 0.957 bits per heavy atom. The fourth-order valence-corrected chi connectivity index (χ4v) is 5.33. The van der Waals surface area contributed by atoms with Gasteiger partial charge in [0.25, 0.3) is 0 Å². The van der Waals surface area contributed by atoms with Gasteiger partial charge in [0.05, 0.1) is 11.8 Å². The summed E-state index contributed by atoms with van der Waals surface area (Å²) in [5.41, 5.74) is 0. The first-order valence-corrected chi connectivity index (χ1v) is 10.6. The molecule has 0 aromatic rings. The van der Waals surface area contributed by atoms with E-state index >= 15 is 0 Å². The quantitative estimate of drug-likeness (QED) is 0.754. The second-order valence-corrected chi connectivity index (χ2v) is 9.33. The van der Waals surface area contributed by atoms with Crippen LogP contribution in [-0.4, -0.2) is 56.2 Å². The summed E-state index contributed by atoms with van der Waals surface area (Å²) in [4.78, 5) is 14.3. The number of amides is 1. The van der Waals surface area contributed by atoms with Crippen LogP contribution in [0.15, 0.2) is 0 Å². The zero-order chi connectivity index (χ0) is 16.3. The van der Waals surface area contributed by atoms with E-state index in [1.54, 1.807) is 0 Å². The molecule has 23 heavy (non-hydrogen) atoms. The molecule has 1 unspecified atom stereocenters. The highest BCUT2D eigenvalue weighted by molar-refractivity contribution is 7.90. The molecular weight excluding hydrogens is 314 g/mol. The molecule has 3 aliphatic rings. The molecule has 1 saturated heterocycles. The number of nitrogens with one attached hydrogen (secondary N) is 2. The van der Waals surface area contributed by atoms with Crippen LogP contribution in [0.3, 0.4) is 0 Å². The van der Waals surface area contributed by atoms with E-state index in [2.05, 4.69) is 14.9 Å². The number of likely N-dealkylation sites (tertiary alicyclic amines) is 1. The molecule has 1 heterocycles. The third-order valence-electron chi connectivity index (χ3n) is 5.14. The van der Waals surface area contributed by atoms with Crippen LogP contribution >= 0.6 is 0 Å². The molecule has 0 spiro atoms. The number of carbonyl (C=O) groups is 1. The van der Waals surface area contributed by atoms with Gasteiger partial charge in [-0.3, -0.25) is 9.69 Å². The first kappa shape index (κ1) is 17.2. The number of sulfonamides is 1. The van der Waals surface area contributed by atoms with Crippen LogP contribution in [0.4, 0.5) is 0 Å². The zero-order valence-electron chi connectivity index (χ0n) is 13.8. The van der Waals surface area contributed by atoms with Crippen LogP contribution in [0.25, 0.3) is 0 Å². The van der Waals surface area contributed by atoms with Crippen LogP contribution in [0.1, 0.15) is 57.8 Å². The minimum atomic E-state index is -3.14. The monoisotopic (exact) mass is 343 g/mol. The maximum atomic E-state index is 12.2. The van der Waals surface area contributed by atoms with Crippen LogP contribution < -0.4 is 10.0 Å². The fraction of sp³-hybridized carbons (Fsp3) is 0.938. The van der Waals surface area contributed by atoms with E-state index in [-0.39, 0.29) is 17.2 Å². The summed E-state index contributed by atoms with van der Waals surface area (Å²) in [7, 11) is -3.14. The van der Waals surface area contributed by atoms with E-state index in [1.165, 1.54) is 19.3 Å². The number of nitrogens with zero attached hydrogens (tertiary/aromatic N) is 1. The summed E-state index contributed by atoms with van der Waals surface area (Å²) in [5.74, 6) is 0.0857. The lowest BCUT2D eigenvalue weighted by molar-refractivity contribution is -0.123. The van der Waals surface area contributed by atoms with Gasteiger partial charge < -0.3 is 5.32 Å². The minimum absolute atomic E-state index is 0.0446. The van der Waals surface area contributed by atoms with Crippen molar-refractivity contribution in [2.45, 2.75) is 75.1 Å². The summed E-state index contributed by atoms with van der Waals surface area (Å²) in [6, 6.07) is 0.294. The molecule has 0 bridgehead atoms. The maximum absolute atomic E-state index is 12.2. The molecule has 7 heteroatoms. The predicted molar refractivity (Wildman–Crippen MR) is 89.6 cm³/mol. The van der Waals surface area contributed by atoms with Crippen LogP contribution in [0.5, 0.6) is 0 Å². The Kier molecular flexibility index (Phi) is 5.59. The van der Waals surface area contributed by atoms with Crippen LogP contribution in [0, 0.1) is 0 Å². The van der Waals surface area contributed by atoms with Crippen molar-refractivity contribution in [1.29, 1.82) is 0 Å². The highest BCUT2D eigenvalue weighted by Gasteiger charge is 2.37. The Balaban J connectivity index is 1.43. The van der Waals surface area contributed by atoms with E-state index < -0.39 is 10.0 Å². The molecule has 3 fully saturated rings. The summed E-state index contributed by atoms with van der Waals surface area (Å²) in [6.07, 6.45) is 9.26. The van der Waals surface area contributed by atoms with Crippen molar-refractivity contribution < 1.29 is 13.2 Å². The van der Waals surface area contributed by atoms with Gasteiger partial charge in [0.1, 0.15) is 0 Å². The summed E-state index contributed by atoms with van der Waals surface area (Å²) in [6.45, 7) is 1.90. The summed E-state index contributed by atoms with van der Waals surface area (Å²) < 4.78 is 26.9. The standard InChI is InChI=1S/C16H29N3O3S/c20-16(17-13-5-2-1-3-6-13)12-19-10-4-7-14(11-19)18-23(21,22)15-8-9-15/h13-15,18H,1-12H2,(H,17,20). The molecule has 0 aromatic carbocycles. The zero-order valence-corrected chi connectivity index (χ0v) is 14.6. The van der Waals surface area contributed by atoms with Crippen molar-refractivity contribution in [3.63, 3.8) is 0 Å². The Morgan fingerprint density at radius 2 is 1.65 bits per heavy atom. The minimum Gasteiger partial charge on any atom is -0.352 e. The van der Waals surface area contributed by atoms with Gasteiger partial charge in [-0.25, -0.2) is 13.1 Å². The molecule has 1 aliphatic heterocycles. The van der Waals surface area contributed by atoms with Gasteiger partial charge >= 0.3 is 0 Å². The molecule has 2 aliphatic carbocycles. The van der Waals surface area contributed by atoms with E-state index in [4.69, 9.17) is 0 Å². The normalized spacial score (nSPS) is 27.7. The number of rotatable bonds is 6. The molecule has 2 saturated carbocycles. The van der Waals surface area contributed by atoms with Gasteiger partial charge in [-0.05, 0) is 45.1 Å². The summed E-state index contributed by atoms with van der Waals surface area (Å²) in [5, 5.41) is 2.96. The second-order valence-electron chi connectivity index (χ2n) is 7.34. The van der Waals surface area contributed by atoms with Crippen molar-refractivity contribution in [3.05, 3.63) is 0 Å². The van der Waals surface area contributed by atoms with E-state index in [0.717, 1.165) is 45.1 Å². The molecule has 2 N–H and O–H groups in total. The summed E-state index contributed by atoms with van der Waals surface area (Å²) >= 11 is 0. The third-order valence-corrected chi connectivity index (χ3v) is 7.15. The molecule has 0 aromatic heterocycles. The van der Waals surface area contributed by atoms with Crippen LogP contribution in [-0.2, 0) is 14.8 Å².